The van der Waals surface area contributed by atoms with Gasteiger partial charge in [0.2, 0.25) is 0 Å². The molecular weight excluding hydrogens is 236 g/mol. The van der Waals surface area contributed by atoms with E-state index in [9.17, 15) is 8.42 Å². The van der Waals surface area contributed by atoms with E-state index in [1.54, 1.807) is 19.1 Å². The third-order valence-corrected chi connectivity index (χ3v) is 3.43. The van der Waals surface area contributed by atoms with Gasteiger partial charge in [-0.3, -0.25) is 0 Å². The first-order valence-corrected chi connectivity index (χ1v) is 7.33. The third kappa shape index (κ3) is 4.45. The number of nitrogens with one attached hydrogen (secondary N) is 1. The van der Waals surface area contributed by atoms with Gasteiger partial charge < -0.3 is 5.32 Å². The number of nitriles is 1. The molecular formula is C12H16N2O2S. The van der Waals surface area contributed by atoms with Gasteiger partial charge in [-0.1, -0.05) is 6.07 Å². The molecule has 1 atom stereocenters. The second-order valence-electron chi connectivity index (χ2n) is 4.28. The molecule has 0 spiro atoms. The zero-order chi connectivity index (χ0) is 13.1. The SMILES string of the molecule is Cc1ccc(C#N)cc1NC(C)CS(C)(=O)=O. The van der Waals surface area contributed by atoms with Gasteiger partial charge in [0, 0.05) is 18.0 Å². The highest BCUT2D eigenvalue weighted by Crippen LogP contribution is 2.17. The number of hydrogen-bond donors (Lipinski definition) is 1. The molecule has 1 aromatic rings. The predicted octanol–water partition coefficient (Wildman–Crippen LogP) is 1.71. The summed E-state index contributed by atoms with van der Waals surface area (Å²) >= 11 is 0. The Morgan fingerprint density at radius 2 is 2.12 bits per heavy atom. The predicted molar refractivity (Wildman–Crippen MR) is 68.7 cm³/mol. The first kappa shape index (κ1) is 13.5. The highest BCUT2D eigenvalue weighted by atomic mass is 32.2. The van der Waals surface area contributed by atoms with E-state index in [-0.39, 0.29) is 11.8 Å². The van der Waals surface area contributed by atoms with Crippen LogP contribution in [0.4, 0.5) is 5.69 Å². The molecule has 0 heterocycles. The minimum absolute atomic E-state index is 0.0726. The van der Waals surface area contributed by atoms with Crippen LogP contribution in [0.25, 0.3) is 0 Å². The summed E-state index contributed by atoms with van der Waals surface area (Å²) in [6, 6.07) is 7.18. The monoisotopic (exact) mass is 252 g/mol. The van der Waals surface area contributed by atoms with Crippen LogP contribution in [0, 0.1) is 18.3 Å². The number of rotatable bonds is 4. The summed E-state index contributed by atoms with van der Waals surface area (Å²) in [7, 11) is -3.00. The van der Waals surface area contributed by atoms with Gasteiger partial charge in [-0.15, -0.1) is 0 Å². The van der Waals surface area contributed by atoms with E-state index in [0.717, 1.165) is 11.3 Å². The lowest BCUT2D eigenvalue weighted by atomic mass is 10.1. The summed E-state index contributed by atoms with van der Waals surface area (Å²) in [5.41, 5.74) is 2.36. The molecule has 0 saturated carbocycles. The first-order chi connectivity index (χ1) is 7.81. The molecule has 0 saturated heterocycles. The van der Waals surface area contributed by atoms with Crippen LogP contribution in [-0.2, 0) is 9.84 Å². The summed E-state index contributed by atoms with van der Waals surface area (Å²) in [4.78, 5) is 0. The lowest BCUT2D eigenvalue weighted by molar-refractivity contribution is 0.598. The number of sulfone groups is 1. The topological polar surface area (TPSA) is 70.0 Å². The van der Waals surface area contributed by atoms with Crippen LogP contribution in [-0.4, -0.2) is 26.5 Å². The quantitative estimate of drug-likeness (QED) is 0.885. The van der Waals surface area contributed by atoms with E-state index in [2.05, 4.69) is 11.4 Å². The van der Waals surface area contributed by atoms with Crippen molar-refractivity contribution in [3.8, 4) is 6.07 Å². The van der Waals surface area contributed by atoms with Crippen LogP contribution < -0.4 is 5.32 Å². The highest BCUT2D eigenvalue weighted by Gasteiger charge is 2.11. The van der Waals surface area contributed by atoms with Gasteiger partial charge in [-0.25, -0.2) is 8.42 Å². The van der Waals surface area contributed by atoms with Crippen LogP contribution >= 0.6 is 0 Å². The highest BCUT2D eigenvalue weighted by molar-refractivity contribution is 7.90. The smallest absolute Gasteiger partial charge is 0.149 e. The minimum atomic E-state index is -3.00. The van der Waals surface area contributed by atoms with E-state index in [1.807, 2.05) is 13.0 Å². The minimum Gasteiger partial charge on any atom is -0.381 e. The summed E-state index contributed by atoms with van der Waals surface area (Å²) in [5, 5.41) is 11.9. The van der Waals surface area contributed by atoms with Gasteiger partial charge in [0.25, 0.3) is 0 Å². The summed E-state index contributed by atoms with van der Waals surface area (Å²) in [6.07, 6.45) is 1.21. The summed E-state index contributed by atoms with van der Waals surface area (Å²) in [6.45, 7) is 3.72. The normalized spacial score (nSPS) is 12.8. The molecule has 5 heteroatoms. The van der Waals surface area contributed by atoms with Crippen molar-refractivity contribution in [1.82, 2.24) is 0 Å². The molecule has 4 nitrogen and oxygen atoms in total. The average molecular weight is 252 g/mol. The molecule has 0 fully saturated rings. The van der Waals surface area contributed by atoms with Gasteiger partial charge in [0.15, 0.2) is 0 Å². The number of benzene rings is 1. The maximum atomic E-state index is 11.1. The standard InChI is InChI=1S/C12H16N2O2S/c1-9-4-5-11(7-13)6-12(9)14-10(2)8-17(3,15)16/h4-6,10,14H,8H2,1-3H3. The number of aryl methyl sites for hydroxylation is 1. The molecule has 17 heavy (non-hydrogen) atoms. The Bertz CT molecular complexity index is 544. The largest absolute Gasteiger partial charge is 0.381 e. The first-order valence-electron chi connectivity index (χ1n) is 5.27. The lowest BCUT2D eigenvalue weighted by Gasteiger charge is -2.16. The van der Waals surface area contributed by atoms with E-state index < -0.39 is 9.84 Å². The molecule has 1 rings (SSSR count). The Hall–Kier alpha value is -1.54. The molecule has 0 aliphatic heterocycles. The van der Waals surface area contributed by atoms with Gasteiger partial charge in [0.05, 0.1) is 17.4 Å². The second kappa shape index (κ2) is 5.19. The Morgan fingerprint density at radius 1 is 1.47 bits per heavy atom. The van der Waals surface area contributed by atoms with Crippen LogP contribution in [0.2, 0.25) is 0 Å². The fourth-order valence-electron chi connectivity index (χ4n) is 1.61. The Labute approximate surface area is 102 Å². The van der Waals surface area contributed by atoms with Crippen molar-refractivity contribution in [2.45, 2.75) is 19.9 Å². The van der Waals surface area contributed by atoms with Gasteiger partial charge in [-0.2, -0.15) is 5.26 Å². The van der Waals surface area contributed by atoms with Crippen LogP contribution in [0.5, 0.6) is 0 Å². The Morgan fingerprint density at radius 3 is 2.65 bits per heavy atom. The number of nitrogens with zero attached hydrogens (tertiary/aromatic N) is 1. The van der Waals surface area contributed by atoms with Gasteiger partial charge in [0.1, 0.15) is 9.84 Å². The van der Waals surface area contributed by atoms with Crippen molar-refractivity contribution in [3.05, 3.63) is 29.3 Å². The fraction of sp³-hybridized carbons (Fsp3) is 0.417. The molecule has 1 N–H and O–H groups in total. The average Bonchev–Trinajstić information content (AvgIpc) is 2.18. The van der Waals surface area contributed by atoms with E-state index >= 15 is 0 Å². The second-order valence-corrected chi connectivity index (χ2v) is 6.46. The summed E-state index contributed by atoms with van der Waals surface area (Å²) in [5.74, 6) is 0.0726. The molecule has 0 bridgehead atoms. The third-order valence-electron chi connectivity index (χ3n) is 2.32. The zero-order valence-electron chi connectivity index (χ0n) is 10.2. The molecule has 1 aromatic carbocycles. The maximum Gasteiger partial charge on any atom is 0.149 e. The summed E-state index contributed by atoms with van der Waals surface area (Å²) < 4.78 is 22.3. The van der Waals surface area contributed by atoms with Crippen molar-refractivity contribution >= 4 is 15.5 Å². The number of hydrogen-bond acceptors (Lipinski definition) is 4. The molecule has 0 radical (unpaired) electrons. The molecule has 0 amide bonds. The zero-order valence-corrected chi connectivity index (χ0v) is 11.0. The molecule has 0 aliphatic carbocycles. The van der Waals surface area contributed by atoms with Crippen LogP contribution in [0.3, 0.4) is 0 Å². The van der Waals surface area contributed by atoms with Crippen molar-refractivity contribution in [1.29, 1.82) is 5.26 Å². The fourth-order valence-corrected chi connectivity index (χ4v) is 2.60. The number of anilines is 1. The Balaban J connectivity index is 2.85. The Kier molecular flexibility index (Phi) is 4.13. The van der Waals surface area contributed by atoms with Gasteiger partial charge in [-0.05, 0) is 31.5 Å². The van der Waals surface area contributed by atoms with E-state index in [4.69, 9.17) is 5.26 Å². The van der Waals surface area contributed by atoms with Crippen molar-refractivity contribution in [2.75, 3.05) is 17.3 Å². The van der Waals surface area contributed by atoms with Crippen molar-refractivity contribution in [3.63, 3.8) is 0 Å². The molecule has 1 unspecified atom stereocenters. The van der Waals surface area contributed by atoms with Crippen LogP contribution in [0.15, 0.2) is 18.2 Å². The van der Waals surface area contributed by atoms with E-state index in [1.165, 1.54) is 6.26 Å². The van der Waals surface area contributed by atoms with Gasteiger partial charge >= 0.3 is 0 Å². The maximum absolute atomic E-state index is 11.1. The molecule has 0 aromatic heterocycles. The van der Waals surface area contributed by atoms with Crippen molar-refractivity contribution < 1.29 is 8.42 Å². The molecule has 92 valence electrons. The molecule has 0 aliphatic rings. The van der Waals surface area contributed by atoms with Crippen molar-refractivity contribution in [2.24, 2.45) is 0 Å². The lowest BCUT2D eigenvalue weighted by Crippen LogP contribution is -2.25. The van der Waals surface area contributed by atoms with E-state index in [0.29, 0.717) is 5.56 Å². The van der Waals surface area contributed by atoms with Crippen LogP contribution in [0.1, 0.15) is 18.1 Å².